The van der Waals surface area contributed by atoms with Crippen LogP contribution in [0.3, 0.4) is 0 Å². The molecule has 3 aromatic heterocycles. The molecule has 0 unspecified atom stereocenters. The number of thiophene rings is 1. The van der Waals surface area contributed by atoms with Gasteiger partial charge in [0, 0.05) is 39.5 Å². The molecule has 0 aliphatic rings. The van der Waals surface area contributed by atoms with Crippen LogP contribution in [0.25, 0.3) is 21.6 Å². The molecule has 3 heterocycles. The zero-order valence-electron chi connectivity index (χ0n) is 13.9. The minimum atomic E-state index is 1.03. The van der Waals surface area contributed by atoms with Gasteiger partial charge in [-0.15, -0.1) is 22.7 Å². The van der Waals surface area contributed by atoms with Crippen molar-refractivity contribution in [3.05, 3.63) is 52.2 Å². The van der Waals surface area contributed by atoms with E-state index < -0.39 is 0 Å². The number of nitrogens with one attached hydrogen (secondary N) is 1. The van der Waals surface area contributed by atoms with E-state index >= 15 is 0 Å². The van der Waals surface area contributed by atoms with Gasteiger partial charge in [-0.25, -0.2) is 4.98 Å². The molecule has 4 aromatic rings. The largest absolute Gasteiger partial charge is 0.351 e. The van der Waals surface area contributed by atoms with Crippen LogP contribution in [-0.4, -0.2) is 23.3 Å². The maximum Gasteiger partial charge on any atom is 0.139 e. The zero-order chi connectivity index (χ0) is 17.2. The summed E-state index contributed by atoms with van der Waals surface area (Å²) in [5.41, 5.74) is 3.42. The van der Waals surface area contributed by atoms with Crippen molar-refractivity contribution in [2.45, 2.75) is 10.6 Å². The lowest BCUT2D eigenvalue weighted by Gasteiger charge is -2.19. The van der Waals surface area contributed by atoms with E-state index in [1.165, 1.54) is 20.8 Å². The second kappa shape index (κ2) is 7.45. The van der Waals surface area contributed by atoms with E-state index in [-0.39, 0.29) is 0 Å². The van der Waals surface area contributed by atoms with Gasteiger partial charge in [0.15, 0.2) is 0 Å². The average molecular weight is 404 g/mol. The molecule has 0 saturated heterocycles. The molecule has 128 valence electrons. The molecule has 0 bridgehead atoms. The predicted octanol–water partition coefficient (Wildman–Crippen LogP) is 6.36. The van der Waals surface area contributed by atoms with Crippen molar-refractivity contribution in [3.8, 4) is 10.7 Å². The topological polar surface area (TPSA) is 31.9 Å². The fourth-order valence-corrected chi connectivity index (χ4v) is 6.20. The van der Waals surface area contributed by atoms with E-state index in [4.69, 9.17) is 0 Å². The van der Waals surface area contributed by atoms with Gasteiger partial charge in [0.25, 0.3) is 0 Å². The highest BCUT2D eigenvalue weighted by Gasteiger charge is 2.14. The zero-order valence-corrected chi connectivity index (χ0v) is 17.1. The lowest BCUT2D eigenvalue weighted by atomic mass is 10.2. The molecule has 4 rings (SSSR count). The van der Waals surface area contributed by atoms with Crippen molar-refractivity contribution in [2.75, 3.05) is 17.6 Å². The average Bonchev–Trinajstić information content (AvgIpc) is 3.35. The lowest BCUT2D eigenvalue weighted by molar-refractivity contribution is 1.31. The summed E-state index contributed by atoms with van der Waals surface area (Å²) in [6.45, 7) is 0. The van der Waals surface area contributed by atoms with Crippen LogP contribution in [0.1, 0.15) is 4.88 Å². The van der Waals surface area contributed by atoms with Gasteiger partial charge in [-0.2, -0.15) is 11.8 Å². The molecule has 0 fully saturated rings. The molecule has 1 N–H and O–H groups in total. The van der Waals surface area contributed by atoms with Gasteiger partial charge in [0.1, 0.15) is 5.01 Å². The number of H-pyrrole nitrogens is 1. The Hall–Kier alpha value is -1.41. The Bertz CT molecular complexity index is 971. The number of thioether (sulfide) groups is 1. The summed E-state index contributed by atoms with van der Waals surface area (Å²) in [7, 11) is 2.13. The summed E-state index contributed by atoms with van der Waals surface area (Å²) in [6, 6.07) is 10.8. The highest BCUT2D eigenvalue weighted by Crippen LogP contribution is 2.38. The van der Waals surface area contributed by atoms with Crippen LogP contribution in [0.4, 0.5) is 5.69 Å². The van der Waals surface area contributed by atoms with Crippen LogP contribution >= 0.6 is 46.4 Å². The van der Waals surface area contributed by atoms with Crippen molar-refractivity contribution in [2.24, 2.45) is 0 Å². The normalized spacial score (nSPS) is 11.3. The quantitative estimate of drug-likeness (QED) is 0.380. The third-order valence-electron chi connectivity index (χ3n) is 3.85. The lowest BCUT2D eigenvalue weighted by Crippen LogP contribution is -2.06. The highest BCUT2D eigenvalue weighted by molar-refractivity contribution is 8.01. The maximum absolute atomic E-state index is 4.42. The molecule has 0 radical (unpaired) electrons. The summed E-state index contributed by atoms with van der Waals surface area (Å²) < 4.78 is 2.25. The molecule has 0 amide bonds. The number of hydrogen-bond acceptors (Lipinski definition) is 6. The molecular weight excluding hydrogens is 386 g/mol. The van der Waals surface area contributed by atoms with Crippen molar-refractivity contribution in [1.29, 1.82) is 0 Å². The number of anilines is 1. The molecular formula is C18H17N3S4. The van der Waals surface area contributed by atoms with E-state index in [9.17, 15) is 0 Å². The van der Waals surface area contributed by atoms with E-state index in [2.05, 4.69) is 63.3 Å². The highest BCUT2D eigenvalue weighted by atomic mass is 32.2. The van der Waals surface area contributed by atoms with Crippen LogP contribution < -0.4 is 4.31 Å². The molecule has 3 nitrogen and oxygen atoms in total. The summed E-state index contributed by atoms with van der Waals surface area (Å²) in [5.74, 6) is 1.06. The number of para-hydroxylation sites is 1. The predicted molar refractivity (Wildman–Crippen MR) is 115 cm³/mol. The number of hydrogen-bond donors (Lipinski definition) is 1. The van der Waals surface area contributed by atoms with E-state index in [0.29, 0.717) is 0 Å². The summed E-state index contributed by atoms with van der Waals surface area (Å²) in [4.78, 5) is 10.7. The number of thiazole rings is 1. The third kappa shape index (κ3) is 3.46. The molecule has 25 heavy (non-hydrogen) atoms. The van der Waals surface area contributed by atoms with Gasteiger partial charge in [-0.3, -0.25) is 0 Å². The monoisotopic (exact) mass is 403 g/mol. The Morgan fingerprint density at radius 1 is 1.20 bits per heavy atom. The second-order valence-corrected chi connectivity index (χ2v) is 9.42. The van der Waals surface area contributed by atoms with Gasteiger partial charge in [-0.05, 0) is 41.8 Å². The summed E-state index contributed by atoms with van der Waals surface area (Å²) in [6.07, 6.45) is 4.00. The van der Waals surface area contributed by atoms with Crippen molar-refractivity contribution in [3.63, 3.8) is 0 Å². The van der Waals surface area contributed by atoms with Crippen LogP contribution in [0.15, 0.2) is 52.2 Å². The van der Waals surface area contributed by atoms with Gasteiger partial charge >= 0.3 is 0 Å². The van der Waals surface area contributed by atoms with Gasteiger partial charge in [0.05, 0.1) is 16.9 Å². The molecule has 0 aliphatic carbocycles. The summed E-state index contributed by atoms with van der Waals surface area (Å²) in [5, 5.41) is 6.42. The van der Waals surface area contributed by atoms with Crippen molar-refractivity contribution >= 4 is 63.0 Å². The minimum absolute atomic E-state index is 1.03. The Balaban J connectivity index is 1.67. The Morgan fingerprint density at radius 2 is 2.12 bits per heavy atom. The molecule has 0 spiro atoms. The van der Waals surface area contributed by atoms with Crippen molar-refractivity contribution in [1.82, 2.24) is 9.97 Å². The van der Waals surface area contributed by atoms with Crippen LogP contribution in [-0.2, 0) is 5.75 Å². The standard InChI is InChI=1S/C18H17N3S4/c1-21(25-15-6-8-23-16(15)11-22-2)14-5-3-4-12-10-13(20-17(12)14)18-19-7-9-24-18/h3-10,20H,11H2,1-2H3. The Morgan fingerprint density at radius 3 is 2.92 bits per heavy atom. The van der Waals surface area contributed by atoms with E-state index in [0.717, 1.165) is 22.0 Å². The molecule has 0 saturated carbocycles. The first-order chi connectivity index (χ1) is 12.3. The van der Waals surface area contributed by atoms with Crippen molar-refractivity contribution < 1.29 is 0 Å². The third-order valence-corrected chi connectivity index (χ3v) is 7.52. The first kappa shape index (κ1) is 17.0. The number of nitrogens with zero attached hydrogens (tertiary/aromatic N) is 2. The smallest absolute Gasteiger partial charge is 0.139 e. The van der Waals surface area contributed by atoms with Gasteiger partial charge in [0.2, 0.25) is 0 Å². The number of aromatic amines is 1. The van der Waals surface area contributed by atoms with Gasteiger partial charge < -0.3 is 9.29 Å². The van der Waals surface area contributed by atoms with Crippen LogP contribution in [0, 0.1) is 0 Å². The molecule has 1 aromatic carbocycles. The minimum Gasteiger partial charge on any atom is -0.351 e. The Kier molecular flexibility index (Phi) is 5.08. The van der Waals surface area contributed by atoms with Crippen LogP contribution in [0.5, 0.6) is 0 Å². The number of rotatable bonds is 6. The second-order valence-electron chi connectivity index (χ2n) is 5.49. The summed E-state index contributed by atoms with van der Waals surface area (Å²) >= 11 is 7.15. The maximum atomic E-state index is 4.42. The first-order valence-corrected chi connectivity index (χ1v) is 11.7. The number of benzene rings is 1. The Labute approximate surface area is 163 Å². The molecule has 7 heteroatoms. The SMILES string of the molecule is CSCc1sccc1SN(C)c1cccc2cc(-c3nccs3)[nH]c12. The van der Waals surface area contributed by atoms with Gasteiger partial charge in [-0.1, -0.05) is 12.1 Å². The van der Waals surface area contributed by atoms with Crippen LogP contribution in [0.2, 0.25) is 0 Å². The first-order valence-electron chi connectivity index (χ1n) is 7.75. The molecule has 0 aliphatic heterocycles. The number of aromatic nitrogens is 2. The fraction of sp³-hybridized carbons (Fsp3) is 0.167. The number of fused-ring (bicyclic) bond motifs is 1. The fourth-order valence-electron chi connectivity index (χ4n) is 2.72. The van der Waals surface area contributed by atoms with E-state index in [1.54, 1.807) is 23.3 Å². The van der Waals surface area contributed by atoms with E-state index in [1.807, 2.05) is 34.7 Å². The molecule has 0 atom stereocenters.